The van der Waals surface area contributed by atoms with Gasteiger partial charge in [-0.1, -0.05) is 32.4 Å². The molecular weight excluding hydrogens is 132 g/mol. The van der Waals surface area contributed by atoms with Crippen molar-refractivity contribution in [2.45, 2.75) is 40.0 Å². The zero-order valence-corrected chi connectivity index (χ0v) is 8.06. The van der Waals surface area contributed by atoms with Gasteiger partial charge in [-0.25, -0.2) is 0 Å². The second-order valence-electron chi connectivity index (χ2n) is 4.35. The molecule has 0 bridgehead atoms. The van der Waals surface area contributed by atoms with Gasteiger partial charge in [-0.2, -0.15) is 0 Å². The van der Waals surface area contributed by atoms with Crippen LogP contribution in [-0.2, 0) is 0 Å². The smallest absolute Gasteiger partial charge is 0.0183 e. The Morgan fingerprint density at radius 1 is 1.27 bits per heavy atom. The maximum Gasteiger partial charge on any atom is -0.0183 e. The molecule has 0 spiro atoms. The van der Waals surface area contributed by atoms with Crippen LogP contribution < -0.4 is 0 Å². The summed E-state index contributed by atoms with van der Waals surface area (Å²) in [6.45, 7) is 11.0. The van der Waals surface area contributed by atoms with Crippen LogP contribution in [-0.4, -0.2) is 0 Å². The second-order valence-corrected chi connectivity index (χ2v) is 4.35. The van der Waals surface area contributed by atoms with Crippen molar-refractivity contribution < 1.29 is 0 Å². The molecule has 1 rings (SSSR count). The van der Waals surface area contributed by atoms with Crippen molar-refractivity contribution in [3.05, 3.63) is 12.2 Å². The molecule has 1 aliphatic carbocycles. The maximum absolute atomic E-state index is 4.05. The minimum Gasteiger partial charge on any atom is -0.0999 e. The average Bonchev–Trinajstić information content (AvgIpc) is 1.85. The zero-order chi connectivity index (χ0) is 8.43. The third-order valence-electron chi connectivity index (χ3n) is 3.06. The van der Waals surface area contributed by atoms with E-state index in [4.69, 9.17) is 0 Å². The van der Waals surface area contributed by atoms with E-state index in [1.54, 1.807) is 0 Å². The highest BCUT2D eigenvalue weighted by atomic mass is 14.3. The first kappa shape index (κ1) is 8.83. The van der Waals surface area contributed by atoms with Crippen molar-refractivity contribution in [1.29, 1.82) is 0 Å². The summed E-state index contributed by atoms with van der Waals surface area (Å²) in [5, 5.41) is 0. The molecule has 0 heterocycles. The molecule has 0 aliphatic heterocycles. The van der Waals surface area contributed by atoms with Gasteiger partial charge in [-0.15, -0.1) is 0 Å². The average molecular weight is 152 g/mol. The summed E-state index contributed by atoms with van der Waals surface area (Å²) in [5.74, 6) is 2.63. The molecule has 0 aromatic carbocycles. The Kier molecular flexibility index (Phi) is 2.75. The summed E-state index contributed by atoms with van der Waals surface area (Å²) in [7, 11) is 0. The molecule has 0 amide bonds. The van der Waals surface area contributed by atoms with E-state index < -0.39 is 0 Å². The van der Waals surface area contributed by atoms with Gasteiger partial charge in [-0.05, 0) is 37.5 Å². The first-order valence-electron chi connectivity index (χ1n) is 4.76. The number of rotatable bonds is 1. The van der Waals surface area contributed by atoms with Crippen LogP contribution in [0.15, 0.2) is 12.2 Å². The lowest BCUT2D eigenvalue weighted by Gasteiger charge is -2.32. The van der Waals surface area contributed by atoms with Gasteiger partial charge in [0, 0.05) is 0 Å². The predicted octanol–water partition coefficient (Wildman–Crippen LogP) is 3.63. The van der Waals surface area contributed by atoms with Crippen LogP contribution in [0.2, 0.25) is 0 Å². The minimum atomic E-state index is 0.811. The summed E-state index contributed by atoms with van der Waals surface area (Å²) in [6.07, 6.45) is 4.18. The van der Waals surface area contributed by atoms with Crippen molar-refractivity contribution in [2.75, 3.05) is 0 Å². The Labute approximate surface area is 70.7 Å². The van der Waals surface area contributed by atoms with Gasteiger partial charge < -0.3 is 0 Å². The molecule has 1 aliphatic rings. The SMILES string of the molecule is C=C(C)[C@@H]1CC[C@@H](C)CC1C. The number of allylic oxidation sites excluding steroid dienone is 1. The highest BCUT2D eigenvalue weighted by Crippen LogP contribution is 2.36. The Hall–Kier alpha value is -0.260. The Morgan fingerprint density at radius 3 is 2.36 bits per heavy atom. The van der Waals surface area contributed by atoms with Crippen LogP contribution in [0.4, 0.5) is 0 Å². The maximum atomic E-state index is 4.05. The summed E-state index contributed by atoms with van der Waals surface area (Å²) in [4.78, 5) is 0. The Balaban J connectivity index is 2.50. The van der Waals surface area contributed by atoms with E-state index in [1.165, 1.54) is 24.8 Å². The van der Waals surface area contributed by atoms with Gasteiger partial charge in [-0.3, -0.25) is 0 Å². The lowest BCUT2D eigenvalue weighted by atomic mass is 9.73. The fourth-order valence-corrected chi connectivity index (χ4v) is 2.40. The van der Waals surface area contributed by atoms with Gasteiger partial charge in [0.1, 0.15) is 0 Å². The van der Waals surface area contributed by atoms with Gasteiger partial charge in [0.15, 0.2) is 0 Å². The fraction of sp³-hybridized carbons (Fsp3) is 0.818. The van der Waals surface area contributed by atoms with Crippen LogP contribution >= 0.6 is 0 Å². The molecule has 11 heavy (non-hydrogen) atoms. The molecule has 0 aromatic heterocycles. The third kappa shape index (κ3) is 2.08. The molecule has 0 saturated heterocycles. The van der Waals surface area contributed by atoms with Crippen LogP contribution in [0.1, 0.15) is 40.0 Å². The Bertz CT molecular complexity index is 146. The number of hydrogen-bond donors (Lipinski definition) is 0. The highest BCUT2D eigenvalue weighted by Gasteiger charge is 2.25. The number of hydrogen-bond acceptors (Lipinski definition) is 0. The van der Waals surface area contributed by atoms with Gasteiger partial charge in [0.25, 0.3) is 0 Å². The van der Waals surface area contributed by atoms with Gasteiger partial charge in [0.2, 0.25) is 0 Å². The zero-order valence-electron chi connectivity index (χ0n) is 8.06. The van der Waals surface area contributed by atoms with E-state index in [0.29, 0.717) is 0 Å². The molecule has 0 radical (unpaired) electrons. The van der Waals surface area contributed by atoms with E-state index in [1.807, 2.05) is 0 Å². The van der Waals surface area contributed by atoms with E-state index in [9.17, 15) is 0 Å². The summed E-state index contributed by atoms with van der Waals surface area (Å²) in [5.41, 5.74) is 1.39. The monoisotopic (exact) mass is 152 g/mol. The molecule has 0 heteroatoms. The van der Waals surface area contributed by atoms with Crippen molar-refractivity contribution in [2.24, 2.45) is 17.8 Å². The molecular formula is C11H20. The van der Waals surface area contributed by atoms with E-state index in [2.05, 4.69) is 27.4 Å². The molecule has 0 N–H and O–H groups in total. The van der Waals surface area contributed by atoms with Crippen LogP contribution in [0, 0.1) is 17.8 Å². The molecule has 1 saturated carbocycles. The summed E-state index contributed by atoms with van der Waals surface area (Å²) < 4.78 is 0. The normalized spacial score (nSPS) is 38.6. The summed E-state index contributed by atoms with van der Waals surface area (Å²) in [6, 6.07) is 0. The Morgan fingerprint density at radius 2 is 1.91 bits per heavy atom. The van der Waals surface area contributed by atoms with Crippen LogP contribution in [0.5, 0.6) is 0 Å². The van der Waals surface area contributed by atoms with Gasteiger partial charge >= 0.3 is 0 Å². The molecule has 3 atom stereocenters. The van der Waals surface area contributed by atoms with Crippen molar-refractivity contribution >= 4 is 0 Å². The van der Waals surface area contributed by atoms with E-state index in [-0.39, 0.29) is 0 Å². The fourth-order valence-electron chi connectivity index (χ4n) is 2.40. The largest absolute Gasteiger partial charge is 0.0999 e. The first-order chi connectivity index (χ1) is 5.11. The van der Waals surface area contributed by atoms with E-state index in [0.717, 1.165) is 17.8 Å². The lowest BCUT2D eigenvalue weighted by molar-refractivity contribution is 0.233. The predicted molar refractivity (Wildman–Crippen MR) is 50.5 cm³/mol. The summed E-state index contributed by atoms with van der Waals surface area (Å²) >= 11 is 0. The molecule has 0 aromatic rings. The van der Waals surface area contributed by atoms with Crippen molar-refractivity contribution in [3.63, 3.8) is 0 Å². The molecule has 64 valence electrons. The quantitative estimate of drug-likeness (QED) is 0.503. The third-order valence-corrected chi connectivity index (χ3v) is 3.06. The lowest BCUT2D eigenvalue weighted by Crippen LogP contribution is -2.21. The van der Waals surface area contributed by atoms with Crippen LogP contribution in [0.3, 0.4) is 0 Å². The van der Waals surface area contributed by atoms with Crippen molar-refractivity contribution in [1.82, 2.24) is 0 Å². The molecule has 1 fully saturated rings. The second kappa shape index (κ2) is 3.42. The topological polar surface area (TPSA) is 0 Å². The highest BCUT2D eigenvalue weighted by molar-refractivity contribution is 5.00. The molecule has 1 unspecified atom stereocenters. The van der Waals surface area contributed by atoms with E-state index >= 15 is 0 Å². The first-order valence-corrected chi connectivity index (χ1v) is 4.76. The molecule has 0 nitrogen and oxygen atoms in total. The van der Waals surface area contributed by atoms with Gasteiger partial charge in [0.05, 0.1) is 0 Å². The minimum absolute atomic E-state index is 0.811. The van der Waals surface area contributed by atoms with Crippen LogP contribution in [0.25, 0.3) is 0 Å². The standard InChI is InChI=1S/C11H20/c1-8(2)11-6-5-9(3)7-10(11)4/h9-11H,1,5-7H2,2-4H3/t9-,10?,11+/m1/s1. The van der Waals surface area contributed by atoms with Crippen molar-refractivity contribution in [3.8, 4) is 0 Å².